The second-order valence-electron chi connectivity index (χ2n) is 14.4. The fraction of sp³-hybridized carbons (Fsp3) is 0.500. The highest BCUT2D eigenvalue weighted by molar-refractivity contribution is 6.33. The van der Waals surface area contributed by atoms with Crippen LogP contribution >= 0.6 is 11.6 Å². The number of aliphatic hydroxyl groups excluding tert-OH is 2. The molecule has 2 aromatic rings. The lowest BCUT2D eigenvalue weighted by Gasteiger charge is -2.68. The van der Waals surface area contributed by atoms with Crippen LogP contribution in [-0.2, 0) is 25.5 Å². The van der Waals surface area contributed by atoms with Gasteiger partial charge in [-0.25, -0.2) is 8.78 Å². The highest BCUT2D eigenvalue weighted by Crippen LogP contribution is 2.76. The number of aliphatic hydroxyl groups is 2. The number of nitrogens with two attached hydrogens (primary N) is 1. The predicted molar refractivity (Wildman–Crippen MR) is 167 cm³/mol. The molecule has 7 nitrogen and oxygen atoms in total. The number of fused-ring (bicyclic) bond motifs is 7. The number of carbonyl (C=O) groups is 2. The van der Waals surface area contributed by atoms with E-state index in [4.69, 9.17) is 26.8 Å². The topological polar surface area (TPSA) is 119 Å². The molecule has 10 heteroatoms. The van der Waals surface area contributed by atoms with Crippen LogP contribution in [0, 0.1) is 22.2 Å². The van der Waals surface area contributed by atoms with Gasteiger partial charge in [0, 0.05) is 21.8 Å². The van der Waals surface area contributed by atoms with Gasteiger partial charge in [-0.15, -0.1) is 0 Å². The van der Waals surface area contributed by atoms with E-state index in [9.17, 15) is 19.8 Å². The summed E-state index contributed by atoms with van der Waals surface area (Å²) in [5.74, 6) is -1.70. The first-order valence-corrected chi connectivity index (χ1v) is 16.1. The Morgan fingerprint density at radius 1 is 1.09 bits per heavy atom. The normalized spacial score (nSPS) is 42.6. The number of benzene rings is 2. The molecule has 4 N–H and O–H groups in total. The number of ketones is 2. The largest absolute Gasteiger partial charge is 0.398 e. The molecule has 4 fully saturated rings. The number of rotatable bonds is 5. The maximum atomic E-state index is 17.9. The van der Waals surface area contributed by atoms with Gasteiger partial charge < -0.3 is 25.4 Å². The standard InChI is InChI=1S/C36H38ClF2NO6/c1-32-11-10-22(42)14-23(32)25(38)16-34(3)27-15-30-35(29(44)18-41,33(27,2)17-28(43)36(32,34)39)46-31(45-30)21-7-4-19(5-8-21)12-20-6-9-24(37)26(40)13-20/h4-11,13-14,25,27-28,30-31,41,43H,12,15-18,40H2,1-3H3/t25-,27+,28-,30+,31-,32-,33-,34-,35+,36-/m0/s1. The van der Waals surface area contributed by atoms with Crippen LogP contribution in [-0.4, -0.2) is 58.0 Å². The Morgan fingerprint density at radius 3 is 2.46 bits per heavy atom. The molecule has 0 unspecified atom stereocenters. The van der Waals surface area contributed by atoms with Crippen molar-refractivity contribution in [2.24, 2.45) is 22.2 Å². The lowest BCUT2D eigenvalue weighted by atomic mass is 9.38. The maximum absolute atomic E-state index is 17.9. The number of ether oxygens (including phenoxy) is 2. The van der Waals surface area contributed by atoms with Crippen molar-refractivity contribution < 1.29 is 38.1 Å². The Morgan fingerprint density at radius 2 is 1.78 bits per heavy atom. The molecular formula is C36H38ClF2NO6. The number of allylic oxidation sites excluding steroid dienone is 4. The zero-order valence-corrected chi connectivity index (χ0v) is 26.7. The molecule has 3 saturated carbocycles. The number of alkyl halides is 2. The van der Waals surface area contributed by atoms with Crippen LogP contribution in [0.3, 0.4) is 0 Å². The van der Waals surface area contributed by atoms with Gasteiger partial charge in [-0.1, -0.05) is 61.9 Å². The van der Waals surface area contributed by atoms with E-state index < -0.39 is 76.3 Å². The van der Waals surface area contributed by atoms with Gasteiger partial charge in [0.15, 0.2) is 29.1 Å². The van der Waals surface area contributed by atoms with Crippen molar-refractivity contribution in [3.05, 3.63) is 88.0 Å². The second kappa shape index (κ2) is 10.3. The molecule has 0 amide bonds. The van der Waals surface area contributed by atoms with E-state index in [1.54, 1.807) is 19.9 Å². The first-order chi connectivity index (χ1) is 21.6. The molecule has 10 atom stereocenters. The Bertz CT molecular complexity index is 1700. The van der Waals surface area contributed by atoms with E-state index in [2.05, 4.69) is 0 Å². The first kappa shape index (κ1) is 31.6. The Hall–Kier alpha value is -2.95. The molecule has 1 saturated heterocycles. The molecule has 1 aliphatic heterocycles. The lowest BCUT2D eigenvalue weighted by molar-refractivity contribution is -0.269. The summed E-state index contributed by atoms with van der Waals surface area (Å²) in [4.78, 5) is 26.0. The second-order valence-corrected chi connectivity index (χ2v) is 14.8. The van der Waals surface area contributed by atoms with E-state index in [1.165, 1.54) is 19.1 Å². The van der Waals surface area contributed by atoms with E-state index in [-0.39, 0.29) is 24.8 Å². The number of hydrogen-bond donors (Lipinski definition) is 3. The van der Waals surface area contributed by atoms with Gasteiger partial charge in [0.05, 0.1) is 22.9 Å². The summed E-state index contributed by atoms with van der Waals surface area (Å²) in [6, 6.07) is 13.0. The summed E-state index contributed by atoms with van der Waals surface area (Å²) in [6.45, 7) is 4.11. The van der Waals surface area contributed by atoms with Gasteiger partial charge in [0.25, 0.3) is 0 Å². The fourth-order valence-electron chi connectivity index (χ4n) is 10.1. The summed E-state index contributed by atoms with van der Waals surface area (Å²) in [5.41, 5.74) is 0.790. The summed E-state index contributed by atoms with van der Waals surface area (Å²) in [6.07, 6.45) is -1.03. The van der Waals surface area contributed by atoms with E-state index in [0.29, 0.717) is 22.7 Å². The molecule has 1 heterocycles. The summed E-state index contributed by atoms with van der Waals surface area (Å²) < 4.78 is 47.0. The van der Waals surface area contributed by atoms with Gasteiger partial charge >= 0.3 is 0 Å². The van der Waals surface area contributed by atoms with Gasteiger partial charge in [-0.05, 0) is 79.5 Å². The summed E-state index contributed by atoms with van der Waals surface area (Å²) >= 11 is 6.06. The van der Waals surface area contributed by atoms with Crippen LogP contribution in [0.4, 0.5) is 14.5 Å². The quantitative estimate of drug-likeness (QED) is 0.362. The highest BCUT2D eigenvalue weighted by Gasteiger charge is 2.83. The van der Waals surface area contributed by atoms with E-state index in [0.717, 1.165) is 17.2 Å². The average Bonchev–Trinajstić information content (AvgIpc) is 3.52. The zero-order valence-electron chi connectivity index (χ0n) is 25.9. The smallest absolute Gasteiger partial charge is 0.193 e. The monoisotopic (exact) mass is 653 g/mol. The molecular weight excluding hydrogens is 616 g/mol. The SMILES string of the molecule is C[C@]12C=CC(=O)C=C1[C@@H](F)C[C@@]1(C)[C@@H]3C[C@H]4O[C@H](c5ccc(Cc6ccc(Cl)c(N)c6)cc5)O[C@@]4(C(=O)CO)[C@@]3(C)C[C@H](O)[C@]21F. The van der Waals surface area contributed by atoms with Crippen molar-refractivity contribution in [2.75, 3.05) is 12.3 Å². The average molecular weight is 654 g/mol. The van der Waals surface area contributed by atoms with Crippen LogP contribution in [0.15, 0.2) is 66.3 Å². The van der Waals surface area contributed by atoms with Gasteiger partial charge in [-0.3, -0.25) is 9.59 Å². The van der Waals surface area contributed by atoms with E-state index >= 15 is 8.78 Å². The van der Waals surface area contributed by atoms with Gasteiger partial charge in [0.1, 0.15) is 12.8 Å². The van der Waals surface area contributed by atoms with Crippen molar-refractivity contribution in [1.29, 1.82) is 0 Å². The van der Waals surface area contributed by atoms with Crippen LogP contribution in [0.5, 0.6) is 0 Å². The third-order valence-corrected chi connectivity index (χ3v) is 12.6. The number of nitrogen functional groups attached to an aromatic ring is 1. The van der Waals surface area contributed by atoms with Crippen LogP contribution < -0.4 is 5.73 Å². The predicted octanol–water partition coefficient (Wildman–Crippen LogP) is 5.55. The third kappa shape index (κ3) is 3.89. The Balaban J connectivity index is 1.23. The molecule has 0 bridgehead atoms. The Labute approximate surface area is 271 Å². The number of hydrogen-bond acceptors (Lipinski definition) is 7. The van der Waals surface area contributed by atoms with Crippen LogP contribution in [0.25, 0.3) is 0 Å². The van der Waals surface area contributed by atoms with Crippen LogP contribution in [0.1, 0.15) is 63.0 Å². The number of Topliss-reactive ketones (excluding diaryl/α,β-unsaturated/α-hetero) is 1. The molecule has 0 radical (unpaired) electrons. The van der Waals surface area contributed by atoms with Gasteiger partial charge in [0.2, 0.25) is 0 Å². The zero-order chi connectivity index (χ0) is 33.0. The van der Waals surface area contributed by atoms with Gasteiger partial charge in [-0.2, -0.15) is 0 Å². The molecule has 4 aliphatic carbocycles. The maximum Gasteiger partial charge on any atom is 0.193 e. The summed E-state index contributed by atoms with van der Waals surface area (Å²) in [5, 5.41) is 22.6. The first-order valence-electron chi connectivity index (χ1n) is 15.7. The van der Waals surface area contributed by atoms with Crippen LogP contribution in [0.2, 0.25) is 5.02 Å². The molecule has 244 valence electrons. The molecule has 0 aromatic heterocycles. The number of anilines is 1. The minimum Gasteiger partial charge on any atom is -0.398 e. The van der Waals surface area contributed by atoms with Crippen molar-refractivity contribution >= 4 is 28.9 Å². The lowest BCUT2D eigenvalue weighted by Crippen LogP contribution is -2.74. The van der Waals surface area contributed by atoms with Crippen molar-refractivity contribution in [1.82, 2.24) is 0 Å². The molecule has 7 rings (SSSR count). The number of carbonyl (C=O) groups excluding carboxylic acids is 2. The summed E-state index contributed by atoms with van der Waals surface area (Å²) in [7, 11) is 0. The minimum atomic E-state index is -2.36. The molecule has 0 spiro atoms. The number of halogens is 3. The highest BCUT2D eigenvalue weighted by atomic mass is 35.5. The molecule has 5 aliphatic rings. The minimum absolute atomic E-state index is 0.0255. The van der Waals surface area contributed by atoms with Crippen molar-refractivity contribution in [2.45, 2.75) is 82.4 Å². The molecule has 2 aromatic carbocycles. The van der Waals surface area contributed by atoms with Crippen molar-refractivity contribution in [3.8, 4) is 0 Å². The fourth-order valence-corrected chi connectivity index (χ4v) is 10.2. The van der Waals surface area contributed by atoms with Crippen molar-refractivity contribution in [3.63, 3.8) is 0 Å². The molecule has 46 heavy (non-hydrogen) atoms. The Kier molecular flexibility index (Phi) is 7.07. The third-order valence-electron chi connectivity index (χ3n) is 12.2. The van der Waals surface area contributed by atoms with E-state index in [1.807, 2.05) is 36.4 Å².